The van der Waals surface area contributed by atoms with E-state index in [1.165, 1.54) is 6.07 Å². The van der Waals surface area contributed by atoms with Crippen molar-refractivity contribution in [2.24, 2.45) is 0 Å². The number of ether oxygens (including phenoxy) is 1. The van der Waals surface area contributed by atoms with Crippen molar-refractivity contribution in [3.05, 3.63) is 24.0 Å². The average Bonchev–Trinajstić information content (AvgIpc) is 2.21. The second-order valence-electron chi connectivity index (χ2n) is 2.77. The van der Waals surface area contributed by atoms with E-state index in [1.54, 1.807) is 31.0 Å². The van der Waals surface area contributed by atoms with E-state index >= 15 is 0 Å². The van der Waals surface area contributed by atoms with Crippen LogP contribution in [-0.2, 0) is 0 Å². The van der Waals surface area contributed by atoms with Crippen LogP contribution < -0.4 is 10.1 Å². The molecule has 1 aromatic carbocycles. The number of benzene rings is 1. The molecule has 0 saturated carbocycles. The second kappa shape index (κ2) is 5.75. The van der Waals surface area contributed by atoms with E-state index in [-0.39, 0.29) is 5.82 Å². The molecule has 0 aliphatic carbocycles. The molecule has 0 radical (unpaired) electrons. The summed E-state index contributed by atoms with van der Waals surface area (Å²) in [5.74, 6) is 1.38. The molecule has 0 fully saturated rings. The van der Waals surface area contributed by atoms with Crippen molar-refractivity contribution in [2.75, 3.05) is 31.0 Å². The molecule has 0 saturated heterocycles. The van der Waals surface area contributed by atoms with Crippen molar-refractivity contribution in [2.45, 2.75) is 0 Å². The Balaban J connectivity index is 2.64. The largest absolute Gasteiger partial charge is 0.497 e. The van der Waals surface area contributed by atoms with Gasteiger partial charge in [0, 0.05) is 18.4 Å². The second-order valence-corrected chi connectivity index (χ2v) is 3.75. The van der Waals surface area contributed by atoms with Crippen molar-refractivity contribution in [1.29, 1.82) is 0 Å². The van der Waals surface area contributed by atoms with E-state index in [2.05, 4.69) is 5.32 Å². The van der Waals surface area contributed by atoms with Crippen molar-refractivity contribution >= 4 is 17.4 Å². The standard InChI is InChI=1S/C10H14FNOS/c1-13-8-3-4-9(11)10(7-8)12-5-6-14-2/h3-4,7,12H,5-6H2,1-2H3. The highest BCUT2D eigenvalue weighted by Gasteiger charge is 2.02. The summed E-state index contributed by atoms with van der Waals surface area (Å²) in [6, 6.07) is 4.67. The van der Waals surface area contributed by atoms with Crippen LogP contribution in [-0.4, -0.2) is 25.7 Å². The molecule has 0 amide bonds. The van der Waals surface area contributed by atoms with Crippen molar-refractivity contribution in [3.63, 3.8) is 0 Å². The van der Waals surface area contributed by atoms with Gasteiger partial charge < -0.3 is 10.1 Å². The highest BCUT2D eigenvalue weighted by molar-refractivity contribution is 7.98. The van der Waals surface area contributed by atoms with Gasteiger partial charge in [0.1, 0.15) is 11.6 Å². The van der Waals surface area contributed by atoms with E-state index in [4.69, 9.17) is 4.74 Å². The maximum Gasteiger partial charge on any atom is 0.146 e. The first-order chi connectivity index (χ1) is 6.77. The molecule has 0 aliphatic heterocycles. The summed E-state index contributed by atoms with van der Waals surface area (Å²) in [6.07, 6.45) is 2.02. The Morgan fingerprint density at radius 2 is 2.29 bits per heavy atom. The summed E-state index contributed by atoms with van der Waals surface area (Å²) in [4.78, 5) is 0. The fourth-order valence-electron chi connectivity index (χ4n) is 1.05. The molecule has 0 aromatic heterocycles. The number of nitrogens with one attached hydrogen (secondary N) is 1. The van der Waals surface area contributed by atoms with E-state index in [0.717, 1.165) is 12.3 Å². The molecule has 0 aliphatic rings. The lowest BCUT2D eigenvalue weighted by Crippen LogP contribution is -2.05. The molecule has 0 unspecified atom stereocenters. The molecular formula is C10H14FNOS. The van der Waals surface area contributed by atoms with Crippen LogP contribution >= 0.6 is 11.8 Å². The molecule has 0 atom stereocenters. The van der Waals surface area contributed by atoms with Crippen molar-refractivity contribution in [3.8, 4) is 5.75 Å². The summed E-state index contributed by atoms with van der Waals surface area (Å²) < 4.78 is 18.2. The first-order valence-corrected chi connectivity index (χ1v) is 5.73. The van der Waals surface area contributed by atoms with E-state index in [1.807, 2.05) is 6.26 Å². The number of halogens is 1. The van der Waals surface area contributed by atoms with Gasteiger partial charge in [-0.15, -0.1) is 0 Å². The molecular weight excluding hydrogens is 201 g/mol. The Labute approximate surface area is 87.8 Å². The van der Waals surface area contributed by atoms with Crippen LogP contribution in [0.1, 0.15) is 0 Å². The van der Waals surface area contributed by atoms with Crippen LogP contribution in [0.2, 0.25) is 0 Å². The minimum atomic E-state index is -0.244. The Kier molecular flexibility index (Phi) is 4.59. The quantitative estimate of drug-likeness (QED) is 0.763. The highest BCUT2D eigenvalue weighted by Crippen LogP contribution is 2.20. The van der Waals surface area contributed by atoms with E-state index in [9.17, 15) is 4.39 Å². The van der Waals surface area contributed by atoms with Gasteiger partial charge in [-0.1, -0.05) is 0 Å². The normalized spacial score (nSPS) is 9.93. The van der Waals surface area contributed by atoms with Gasteiger partial charge in [-0.2, -0.15) is 11.8 Å². The molecule has 1 aromatic rings. The number of methoxy groups -OCH3 is 1. The number of hydrogen-bond donors (Lipinski definition) is 1. The van der Waals surface area contributed by atoms with Gasteiger partial charge in [0.2, 0.25) is 0 Å². The number of hydrogen-bond acceptors (Lipinski definition) is 3. The van der Waals surface area contributed by atoms with Crippen LogP contribution in [0.25, 0.3) is 0 Å². The van der Waals surface area contributed by atoms with Crippen LogP contribution in [0.5, 0.6) is 5.75 Å². The Bertz CT molecular complexity index is 293. The number of anilines is 1. The Morgan fingerprint density at radius 1 is 1.50 bits per heavy atom. The fourth-order valence-corrected chi connectivity index (χ4v) is 1.36. The summed E-state index contributed by atoms with van der Waals surface area (Å²) >= 11 is 1.72. The molecule has 0 spiro atoms. The fraction of sp³-hybridized carbons (Fsp3) is 0.400. The van der Waals surface area contributed by atoms with Crippen molar-refractivity contribution < 1.29 is 9.13 Å². The third-order valence-corrected chi connectivity index (χ3v) is 2.41. The number of thioether (sulfide) groups is 1. The molecule has 1 rings (SSSR count). The smallest absolute Gasteiger partial charge is 0.146 e. The van der Waals surface area contributed by atoms with Crippen LogP contribution in [0.15, 0.2) is 18.2 Å². The zero-order valence-electron chi connectivity index (χ0n) is 8.34. The predicted octanol–water partition coefficient (Wildman–Crippen LogP) is 2.61. The van der Waals surface area contributed by atoms with Crippen LogP contribution in [0.4, 0.5) is 10.1 Å². The summed E-state index contributed by atoms with van der Waals surface area (Å²) in [7, 11) is 1.57. The Hall–Kier alpha value is -0.900. The van der Waals surface area contributed by atoms with Gasteiger partial charge in [-0.05, 0) is 18.4 Å². The third-order valence-electron chi connectivity index (χ3n) is 1.80. The van der Waals surface area contributed by atoms with Gasteiger partial charge >= 0.3 is 0 Å². The van der Waals surface area contributed by atoms with Gasteiger partial charge in [0.05, 0.1) is 12.8 Å². The number of rotatable bonds is 5. The van der Waals surface area contributed by atoms with E-state index in [0.29, 0.717) is 11.4 Å². The first kappa shape index (κ1) is 11.2. The van der Waals surface area contributed by atoms with Crippen LogP contribution in [0, 0.1) is 5.82 Å². The molecule has 1 N–H and O–H groups in total. The molecule has 14 heavy (non-hydrogen) atoms. The lowest BCUT2D eigenvalue weighted by Gasteiger charge is -2.08. The lowest BCUT2D eigenvalue weighted by molar-refractivity contribution is 0.414. The summed E-state index contributed by atoms with van der Waals surface area (Å²) in [6.45, 7) is 0.755. The highest BCUT2D eigenvalue weighted by atomic mass is 32.2. The summed E-state index contributed by atoms with van der Waals surface area (Å²) in [5.41, 5.74) is 0.499. The topological polar surface area (TPSA) is 21.3 Å². The average molecular weight is 215 g/mol. The molecule has 2 nitrogen and oxygen atoms in total. The molecule has 0 bridgehead atoms. The van der Waals surface area contributed by atoms with Crippen LogP contribution in [0.3, 0.4) is 0 Å². The zero-order valence-corrected chi connectivity index (χ0v) is 9.16. The Morgan fingerprint density at radius 3 is 2.93 bits per heavy atom. The van der Waals surface area contributed by atoms with Gasteiger partial charge in [0.25, 0.3) is 0 Å². The SMILES string of the molecule is COc1ccc(F)c(NCCSC)c1. The van der Waals surface area contributed by atoms with Gasteiger partial charge in [-0.25, -0.2) is 4.39 Å². The zero-order chi connectivity index (χ0) is 10.4. The van der Waals surface area contributed by atoms with Gasteiger partial charge in [-0.3, -0.25) is 0 Å². The monoisotopic (exact) mass is 215 g/mol. The first-order valence-electron chi connectivity index (χ1n) is 4.34. The molecule has 0 heterocycles. The molecule has 78 valence electrons. The maximum absolute atomic E-state index is 13.2. The van der Waals surface area contributed by atoms with E-state index < -0.39 is 0 Å². The summed E-state index contributed by atoms with van der Waals surface area (Å²) in [5, 5.41) is 3.01. The molecule has 4 heteroatoms. The maximum atomic E-state index is 13.2. The third kappa shape index (κ3) is 3.10. The predicted molar refractivity (Wildman–Crippen MR) is 59.8 cm³/mol. The lowest BCUT2D eigenvalue weighted by atomic mass is 10.3. The minimum absolute atomic E-state index is 0.244. The van der Waals surface area contributed by atoms with Gasteiger partial charge in [0.15, 0.2) is 0 Å². The van der Waals surface area contributed by atoms with Crippen molar-refractivity contribution in [1.82, 2.24) is 0 Å². The minimum Gasteiger partial charge on any atom is -0.497 e.